The van der Waals surface area contributed by atoms with Gasteiger partial charge in [-0.1, -0.05) is 36.4 Å². The lowest BCUT2D eigenvalue weighted by Crippen LogP contribution is -2.45. The van der Waals surface area contributed by atoms with Crippen LogP contribution >= 0.6 is 0 Å². The topological polar surface area (TPSA) is 78.8 Å². The third-order valence-electron chi connectivity index (χ3n) is 7.30. The fourth-order valence-corrected chi connectivity index (χ4v) is 5.03. The second-order valence-electron chi connectivity index (χ2n) is 11.6. The van der Waals surface area contributed by atoms with Crippen LogP contribution in [0.2, 0.25) is 0 Å². The van der Waals surface area contributed by atoms with Crippen LogP contribution in [0.25, 0.3) is 22.0 Å². The molecule has 2 N–H and O–H groups in total. The fourth-order valence-electron chi connectivity index (χ4n) is 5.03. The van der Waals surface area contributed by atoms with Crippen LogP contribution in [-0.2, 0) is 11.3 Å². The number of nitrogens with zero attached hydrogens (tertiary/aromatic N) is 3. The van der Waals surface area contributed by atoms with Gasteiger partial charge in [-0.2, -0.15) is 0 Å². The van der Waals surface area contributed by atoms with E-state index in [-0.39, 0.29) is 5.91 Å². The molecule has 1 aliphatic heterocycles. The van der Waals surface area contributed by atoms with Crippen molar-refractivity contribution >= 4 is 34.3 Å². The maximum absolute atomic E-state index is 13.5. The van der Waals surface area contributed by atoms with Crippen molar-refractivity contribution in [1.29, 1.82) is 0 Å². The summed E-state index contributed by atoms with van der Waals surface area (Å²) in [5.74, 6) is -0.255. The van der Waals surface area contributed by atoms with Gasteiger partial charge in [-0.15, -0.1) is 0 Å². The van der Waals surface area contributed by atoms with E-state index in [0.29, 0.717) is 16.9 Å². The summed E-state index contributed by atoms with van der Waals surface area (Å²) < 4.78 is 7.70. The standard InChI is InChI=1S/C33H39N5O3/c1-33(2,3)41-32(40)35-28-12-10-25(24-8-6-5-7-9-24)23-29(28)34-31(39)27-11-13-30-26(22-27)14-15-38(30)21-20-37-18-16-36(4)17-19-37/h5-15,22-23H,16-21H2,1-4H3,(H,34,39)(H,35,40). The molecule has 5 rings (SSSR count). The van der Waals surface area contributed by atoms with Crippen LogP contribution in [0.1, 0.15) is 31.1 Å². The minimum atomic E-state index is -0.645. The second kappa shape index (κ2) is 12.2. The van der Waals surface area contributed by atoms with Gasteiger partial charge in [0.05, 0.1) is 11.4 Å². The Morgan fingerprint density at radius 2 is 1.56 bits per heavy atom. The van der Waals surface area contributed by atoms with E-state index in [4.69, 9.17) is 4.74 Å². The lowest BCUT2D eigenvalue weighted by atomic mass is 10.0. The molecule has 0 unspecified atom stereocenters. The van der Waals surface area contributed by atoms with Crippen LogP contribution in [0.5, 0.6) is 0 Å². The predicted molar refractivity (Wildman–Crippen MR) is 166 cm³/mol. The maximum atomic E-state index is 13.5. The summed E-state index contributed by atoms with van der Waals surface area (Å²) in [6.07, 6.45) is 1.51. The molecule has 1 saturated heterocycles. The third kappa shape index (κ3) is 7.34. The summed E-state index contributed by atoms with van der Waals surface area (Å²) in [6, 6.07) is 23.3. The van der Waals surface area contributed by atoms with E-state index in [0.717, 1.165) is 61.3 Å². The minimum Gasteiger partial charge on any atom is -0.444 e. The van der Waals surface area contributed by atoms with Gasteiger partial charge in [0.15, 0.2) is 0 Å². The first-order valence-electron chi connectivity index (χ1n) is 14.2. The van der Waals surface area contributed by atoms with Crippen LogP contribution in [0, 0.1) is 0 Å². The van der Waals surface area contributed by atoms with Gasteiger partial charge in [0.1, 0.15) is 5.60 Å². The van der Waals surface area contributed by atoms with Crippen LogP contribution in [0.15, 0.2) is 79.0 Å². The van der Waals surface area contributed by atoms with Gasteiger partial charge in [-0.05, 0) is 75.3 Å². The van der Waals surface area contributed by atoms with Crippen molar-refractivity contribution < 1.29 is 14.3 Å². The number of piperazine rings is 1. The van der Waals surface area contributed by atoms with E-state index in [1.807, 2.05) is 81.4 Å². The van der Waals surface area contributed by atoms with Gasteiger partial charge in [-0.25, -0.2) is 4.79 Å². The summed E-state index contributed by atoms with van der Waals surface area (Å²) >= 11 is 0. The zero-order valence-electron chi connectivity index (χ0n) is 24.3. The number of carbonyl (C=O) groups is 2. The number of aromatic nitrogens is 1. The Balaban J connectivity index is 1.34. The average molecular weight is 554 g/mol. The number of likely N-dealkylation sites (N-methyl/N-ethyl adjacent to an activating group) is 1. The lowest BCUT2D eigenvalue weighted by molar-refractivity contribution is 0.0635. The monoisotopic (exact) mass is 553 g/mol. The molecular weight excluding hydrogens is 514 g/mol. The van der Waals surface area contributed by atoms with Gasteiger partial charge in [0.25, 0.3) is 5.91 Å². The normalized spacial score (nSPS) is 14.6. The summed E-state index contributed by atoms with van der Waals surface area (Å²) in [4.78, 5) is 30.9. The van der Waals surface area contributed by atoms with Crippen molar-refractivity contribution in [3.05, 3.63) is 84.6 Å². The van der Waals surface area contributed by atoms with Crippen molar-refractivity contribution in [2.45, 2.75) is 32.9 Å². The number of nitrogens with one attached hydrogen (secondary N) is 2. The molecule has 1 fully saturated rings. The highest BCUT2D eigenvalue weighted by atomic mass is 16.6. The van der Waals surface area contributed by atoms with E-state index in [1.165, 1.54) is 0 Å². The maximum Gasteiger partial charge on any atom is 0.412 e. The number of carbonyl (C=O) groups excluding carboxylic acids is 2. The average Bonchev–Trinajstić information content (AvgIpc) is 3.35. The van der Waals surface area contributed by atoms with Gasteiger partial charge < -0.3 is 19.5 Å². The largest absolute Gasteiger partial charge is 0.444 e. The van der Waals surface area contributed by atoms with Crippen molar-refractivity contribution in [2.75, 3.05) is 50.4 Å². The van der Waals surface area contributed by atoms with Crippen LogP contribution < -0.4 is 10.6 Å². The zero-order valence-corrected chi connectivity index (χ0v) is 24.3. The Morgan fingerprint density at radius 3 is 2.29 bits per heavy atom. The molecule has 8 heteroatoms. The van der Waals surface area contributed by atoms with E-state index in [2.05, 4.69) is 44.3 Å². The molecule has 4 aromatic rings. The predicted octanol–water partition coefficient (Wildman–Crippen LogP) is 6.16. The first kappa shape index (κ1) is 28.4. The van der Waals surface area contributed by atoms with E-state index in [9.17, 15) is 9.59 Å². The highest BCUT2D eigenvalue weighted by molar-refractivity contribution is 6.09. The Labute approximate surface area is 241 Å². The molecule has 0 bridgehead atoms. The summed E-state index contributed by atoms with van der Waals surface area (Å²) in [6.45, 7) is 11.7. The number of anilines is 2. The second-order valence-corrected chi connectivity index (χ2v) is 11.6. The molecule has 0 aliphatic carbocycles. The number of benzene rings is 3. The molecule has 2 amide bonds. The van der Waals surface area contributed by atoms with Crippen LogP contribution in [0.4, 0.5) is 16.2 Å². The molecule has 0 saturated carbocycles. The smallest absolute Gasteiger partial charge is 0.412 e. The first-order chi connectivity index (χ1) is 19.6. The van der Waals surface area contributed by atoms with E-state index >= 15 is 0 Å². The quantitative estimate of drug-likeness (QED) is 0.287. The highest BCUT2D eigenvalue weighted by Gasteiger charge is 2.19. The molecule has 0 radical (unpaired) electrons. The van der Waals surface area contributed by atoms with Crippen molar-refractivity contribution in [3.63, 3.8) is 0 Å². The van der Waals surface area contributed by atoms with Crippen molar-refractivity contribution in [2.24, 2.45) is 0 Å². The summed E-state index contributed by atoms with van der Waals surface area (Å²) in [5.41, 5.74) is 3.88. The first-order valence-corrected chi connectivity index (χ1v) is 14.2. The number of rotatable bonds is 7. The molecule has 0 atom stereocenters. The summed E-state index contributed by atoms with van der Waals surface area (Å²) in [5, 5.41) is 6.83. The van der Waals surface area contributed by atoms with Crippen molar-refractivity contribution in [3.8, 4) is 11.1 Å². The molecule has 1 aliphatic rings. The Hall–Kier alpha value is -4.14. The Morgan fingerprint density at radius 1 is 0.805 bits per heavy atom. The minimum absolute atomic E-state index is 0.255. The van der Waals surface area contributed by atoms with Crippen molar-refractivity contribution in [1.82, 2.24) is 14.4 Å². The molecule has 3 aromatic carbocycles. The number of fused-ring (bicyclic) bond motifs is 1. The van der Waals surface area contributed by atoms with Gasteiger partial charge in [0, 0.05) is 61.9 Å². The highest BCUT2D eigenvalue weighted by Crippen LogP contribution is 2.30. The molecule has 2 heterocycles. The molecular formula is C33H39N5O3. The Bertz CT molecular complexity index is 1520. The molecule has 1 aromatic heterocycles. The van der Waals surface area contributed by atoms with Crippen LogP contribution in [0.3, 0.4) is 0 Å². The number of hydrogen-bond donors (Lipinski definition) is 2. The number of ether oxygens (including phenoxy) is 1. The van der Waals surface area contributed by atoms with E-state index in [1.54, 1.807) is 6.07 Å². The Kier molecular flexibility index (Phi) is 8.42. The third-order valence-corrected chi connectivity index (χ3v) is 7.30. The van der Waals surface area contributed by atoms with Gasteiger partial charge in [-0.3, -0.25) is 15.0 Å². The summed E-state index contributed by atoms with van der Waals surface area (Å²) in [7, 11) is 2.17. The van der Waals surface area contributed by atoms with Gasteiger partial charge in [0.2, 0.25) is 0 Å². The number of hydrogen-bond acceptors (Lipinski definition) is 5. The number of amides is 2. The molecule has 0 spiro atoms. The lowest BCUT2D eigenvalue weighted by Gasteiger charge is -2.32. The fraction of sp³-hybridized carbons (Fsp3) is 0.333. The molecule has 41 heavy (non-hydrogen) atoms. The van der Waals surface area contributed by atoms with E-state index < -0.39 is 11.7 Å². The molecule has 214 valence electrons. The molecule has 8 nitrogen and oxygen atoms in total. The van der Waals surface area contributed by atoms with Crippen LogP contribution in [-0.4, -0.2) is 71.7 Å². The van der Waals surface area contributed by atoms with Gasteiger partial charge >= 0.3 is 6.09 Å². The SMILES string of the molecule is CN1CCN(CCn2ccc3cc(C(=O)Nc4cc(-c5ccccc5)ccc4NC(=O)OC(C)(C)C)ccc32)CC1. The zero-order chi connectivity index (χ0) is 29.0.